The maximum Gasteiger partial charge on any atom is 0.293 e. The normalized spacial score (nSPS) is 11.5. The molecule has 0 aromatic carbocycles. The Morgan fingerprint density at radius 1 is 1.47 bits per heavy atom. The van der Waals surface area contributed by atoms with Crippen molar-refractivity contribution in [3.05, 3.63) is 22.7 Å². The molecule has 0 unspecified atom stereocenters. The lowest BCUT2D eigenvalue weighted by atomic mass is 9.92. The summed E-state index contributed by atoms with van der Waals surface area (Å²) in [4.78, 5) is 27.8. The van der Waals surface area contributed by atoms with E-state index in [0.29, 0.717) is 6.54 Å². The summed E-state index contributed by atoms with van der Waals surface area (Å²) in [6, 6.07) is 0.0722. The minimum Gasteiger partial charge on any atom is -0.364 e. The Labute approximate surface area is 113 Å². The molecule has 0 saturated heterocycles. The Hall–Kier alpha value is -1.85. The molecule has 1 heterocycles. The van der Waals surface area contributed by atoms with Crippen molar-refractivity contribution in [1.29, 1.82) is 0 Å². The molecule has 0 atom stereocenters. The number of nitrogens with one attached hydrogen (secondary N) is 2. The summed E-state index contributed by atoms with van der Waals surface area (Å²) < 4.78 is 1.60. The summed E-state index contributed by atoms with van der Waals surface area (Å²) in [6.45, 7) is 7.82. The minimum absolute atomic E-state index is 0.0722. The molecule has 2 N–H and O–H groups in total. The van der Waals surface area contributed by atoms with Gasteiger partial charge in [-0.1, -0.05) is 0 Å². The Morgan fingerprint density at radius 3 is 2.63 bits per heavy atom. The molecule has 1 aromatic heterocycles. The number of carbonyl (C=O) groups is 1. The van der Waals surface area contributed by atoms with Crippen molar-refractivity contribution in [1.82, 2.24) is 14.9 Å². The van der Waals surface area contributed by atoms with E-state index in [1.165, 1.54) is 0 Å². The first kappa shape index (κ1) is 15.2. The van der Waals surface area contributed by atoms with Crippen LogP contribution in [0.25, 0.3) is 0 Å². The molecular weight excluding hydrogens is 244 g/mol. The van der Waals surface area contributed by atoms with Crippen molar-refractivity contribution < 1.29 is 4.79 Å². The monoisotopic (exact) mass is 266 g/mol. The molecular formula is C13H22N4O2. The van der Waals surface area contributed by atoms with Crippen LogP contribution in [0.5, 0.6) is 0 Å². The third-order valence-electron chi connectivity index (χ3n) is 2.96. The van der Waals surface area contributed by atoms with Crippen LogP contribution in [-0.4, -0.2) is 29.1 Å². The van der Waals surface area contributed by atoms with E-state index in [1.54, 1.807) is 24.0 Å². The lowest BCUT2D eigenvalue weighted by Gasteiger charge is -2.23. The molecule has 1 rings (SSSR count). The number of anilines is 1. The van der Waals surface area contributed by atoms with E-state index >= 15 is 0 Å². The number of amides is 1. The Bertz CT molecular complexity index is 506. The SMILES string of the molecule is CNC(=O)C(C)(C)CNc1nccn(C(C)C)c1=O. The quantitative estimate of drug-likeness (QED) is 0.834. The predicted octanol–water partition coefficient (Wildman–Crippen LogP) is 1.01. The summed E-state index contributed by atoms with van der Waals surface area (Å²) in [5.74, 6) is 0.188. The molecule has 0 fully saturated rings. The lowest BCUT2D eigenvalue weighted by molar-refractivity contribution is -0.128. The fraction of sp³-hybridized carbons (Fsp3) is 0.615. The zero-order valence-corrected chi connectivity index (χ0v) is 12.2. The van der Waals surface area contributed by atoms with E-state index < -0.39 is 5.41 Å². The molecule has 6 nitrogen and oxygen atoms in total. The second-order valence-electron chi connectivity index (χ2n) is 5.40. The highest BCUT2D eigenvalue weighted by Crippen LogP contribution is 2.15. The molecule has 0 aliphatic rings. The Kier molecular flexibility index (Phi) is 4.69. The number of nitrogens with zero attached hydrogens (tertiary/aromatic N) is 2. The van der Waals surface area contributed by atoms with Gasteiger partial charge in [-0.25, -0.2) is 4.98 Å². The van der Waals surface area contributed by atoms with E-state index in [1.807, 2.05) is 27.7 Å². The van der Waals surface area contributed by atoms with Gasteiger partial charge in [0, 0.05) is 32.0 Å². The van der Waals surface area contributed by atoms with Gasteiger partial charge in [-0.05, 0) is 27.7 Å². The van der Waals surface area contributed by atoms with Gasteiger partial charge in [0.25, 0.3) is 5.56 Å². The lowest BCUT2D eigenvalue weighted by Crippen LogP contribution is -2.40. The molecule has 19 heavy (non-hydrogen) atoms. The molecule has 0 spiro atoms. The third-order valence-corrected chi connectivity index (χ3v) is 2.96. The van der Waals surface area contributed by atoms with Crippen molar-refractivity contribution in [3.8, 4) is 0 Å². The van der Waals surface area contributed by atoms with E-state index in [2.05, 4.69) is 15.6 Å². The predicted molar refractivity (Wildman–Crippen MR) is 75.2 cm³/mol. The zero-order valence-electron chi connectivity index (χ0n) is 12.2. The highest BCUT2D eigenvalue weighted by atomic mass is 16.2. The molecule has 6 heteroatoms. The van der Waals surface area contributed by atoms with Crippen molar-refractivity contribution >= 4 is 11.7 Å². The van der Waals surface area contributed by atoms with Gasteiger partial charge < -0.3 is 15.2 Å². The highest BCUT2D eigenvalue weighted by Gasteiger charge is 2.26. The summed E-state index contributed by atoms with van der Waals surface area (Å²) in [5, 5.41) is 5.56. The number of hydrogen-bond acceptors (Lipinski definition) is 4. The van der Waals surface area contributed by atoms with Gasteiger partial charge in [-0.3, -0.25) is 9.59 Å². The summed E-state index contributed by atoms with van der Waals surface area (Å²) >= 11 is 0. The van der Waals surface area contributed by atoms with Gasteiger partial charge in [0.15, 0.2) is 5.82 Å². The van der Waals surface area contributed by atoms with Gasteiger partial charge in [0.05, 0.1) is 5.41 Å². The largest absolute Gasteiger partial charge is 0.364 e. The van der Waals surface area contributed by atoms with Gasteiger partial charge in [0.2, 0.25) is 5.91 Å². The summed E-state index contributed by atoms with van der Waals surface area (Å²) in [6.07, 6.45) is 3.23. The molecule has 106 valence electrons. The van der Waals surface area contributed by atoms with Crippen LogP contribution < -0.4 is 16.2 Å². The zero-order chi connectivity index (χ0) is 14.6. The minimum atomic E-state index is -0.610. The van der Waals surface area contributed by atoms with Crippen LogP contribution in [0.15, 0.2) is 17.2 Å². The summed E-state index contributed by atoms with van der Waals surface area (Å²) in [7, 11) is 1.59. The number of rotatable bonds is 5. The van der Waals surface area contributed by atoms with Crippen LogP contribution >= 0.6 is 0 Å². The Morgan fingerprint density at radius 2 is 2.11 bits per heavy atom. The molecule has 0 radical (unpaired) electrons. The van der Waals surface area contributed by atoms with Crippen LogP contribution in [0.4, 0.5) is 5.82 Å². The molecule has 1 amide bonds. The van der Waals surface area contributed by atoms with Crippen LogP contribution in [-0.2, 0) is 4.79 Å². The van der Waals surface area contributed by atoms with E-state index in [-0.39, 0.29) is 23.3 Å². The molecule has 0 aliphatic heterocycles. The highest BCUT2D eigenvalue weighted by molar-refractivity contribution is 5.82. The molecule has 0 saturated carbocycles. The van der Waals surface area contributed by atoms with Crippen molar-refractivity contribution in [2.24, 2.45) is 5.41 Å². The molecule has 0 aliphatic carbocycles. The van der Waals surface area contributed by atoms with Gasteiger partial charge in [0.1, 0.15) is 0 Å². The van der Waals surface area contributed by atoms with Crippen molar-refractivity contribution in [2.75, 3.05) is 18.9 Å². The third kappa shape index (κ3) is 3.56. The molecule has 1 aromatic rings. The average Bonchev–Trinajstić information content (AvgIpc) is 2.36. The van der Waals surface area contributed by atoms with Gasteiger partial charge in [-0.2, -0.15) is 0 Å². The fourth-order valence-electron chi connectivity index (χ4n) is 1.68. The van der Waals surface area contributed by atoms with E-state index in [4.69, 9.17) is 0 Å². The van der Waals surface area contributed by atoms with Gasteiger partial charge >= 0.3 is 0 Å². The fourth-order valence-corrected chi connectivity index (χ4v) is 1.68. The van der Waals surface area contributed by atoms with Crippen LogP contribution in [0.2, 0.25) is 0 Å². The number of carbonyl (C=O) groups excluding carboxylic acids is 1. The second kappa shape index (κ2) is 5.86. The second-order valence-corrected chi connectivity index (χ2v) is 5.40. The standard InChI is InChI=1S/C13H22N4O2/c1-9(2)17-7-6-15-10(11(17)18)16-8-13(3,4)12(19)14-5/h6-7,9H,8H2,1-5H3,(H,14,19)(H,15,16). The first-order chi connectivity index (χ1) is 8.79. The van der Waals surface area contributed by atoms with E-state index in [0.717, 1.165) is 0 Å². The van der Waals surface area contributed by atoms with Crippen LogP contribution in [0, 0.1) is 5.41 Å². The van der Waals surface area contributed by atoms with Crippen molar-refractivity contribution in [3.63, 3.8) is 0 Å². The van der Waals surface area contributed by atoms with Crippen LogP contribution in [0.3, 0.4) is 0 Å². The first-order valence-electron chi connectivity index (χ1n) is 6.33. The number of aromatic nitrogens is 2. The van der Waals surface area contributed by atoms with E-state index in [9.17, 15) is 9.59 Å². The van der Waals surface area contributed by atoms with Crippen molar-refractivity contribution in [2.45, 2.75) is 33.7 Å². The smallest absolute Gasteiger partial charge is 0.293 e. The first-order valence-corrected chi connectivity index (χ1v) is 6.33. The van der Waals surface area contributed by atoms with Crippen LogP contribution in [0.1, 0.15) is 33.7 Å². The molecule has 0 bridgehead atoms. The maximum absolute atomic E-state index is 12.1. The summed E-state index contributed by atoms with van der Waals surface area (Å²) in [5.41, 5.74) is -0.785. The number of hydrogen-bond donors (Lipinski definition) is 2. The maximum atomic E-state index is 12.1. The van der Waals surface area contributed by atoms with Gasteiger partial charge in [-0.15, -0.1) is 0 Å². The topological polar surface area (TPSA) is 76.0 Å². The Balaban J connectivity index is 2.88. The average molecular weight is 266 g/mol.